The van der Waals surface area contributed by atoms with Gasteiger partial charge in [-0.25, -0.2) is 0 Å². The number of nitrogens with one attached hydrogen (secondary N) is 1. The Morgan fingerprint density at radius 2 is 1.82 bits per heavy atom. The predicted molar refractivity (Wildman–Crippen MR) is 89.6 cm³/mol. The van der Waals surface area contributed by atoms with Crippen molar-refractivity contribution in [2.24, 2.45) is 5.73 Å². The highest BCUT2D eigenvalue weighted by atomic mass is 16.1. The van der Waals surface area contributed by atoms with Crippen LogP contribution >= 0.6 is 0 Å². The summed E-state index contributed by atoms with van der Waals surface area (Å²) in [4.78, 5) is 12.7. The Labute approximate surface area is 133 Å². The first-order valence-corrected chi connectivity index (χ1v) is 8.79. The van der Waals surface area contributed by atoms with E-state index in [1.165, 1.54) is 31.2 Å². The van der Waals surface area contributed by atoms with Crippen molar-refractivity contribution in [3.8, 4) is 0 Å². The summed E-state index contributed by atoms with van der Waals surface area (Å²) in [6.07, 6.45) is 9.40. The zero-order valence-corrected chi connectivity index (χ0v) is 13.6. The number of benzene rings is 1. The van der Waals surface area contributed by atoms with E-state index in [0.29, 0.717) is 6.04 Å². The summed E-state index contributed by atoms with van der Waals surface area (Å²) < 4.78 is 0. The Kier molecular flexibility index (Phi) is 4.53. The van der Waals surface area contributed by atoms with Gasteiger partial charge in [-0.05, 0) is 43.7 Å². The molecule has 1 amide bonds. The molecule has 3 heteroatoms. The average Bonchev–Trinajstić information content (AvgIpc) is 3.31. The molecule has 3 N–H and O–H groups in total. The van der Waals surface area contributed by atoms with Crippen LogP contribution in [-0.2, 0) is 10.3 Å². The van der Waals surface area contributed by atoms with Gasteiger partial charge in [0, 0.05) is 11.6 Å². The molecule has 0 heterocycles. The normalized spacial score (nSPS) is 22.6. The van der Waals surface area contributed by atoms with E-state index < -0.39 is 0 Å². The smallest absolute Gasteiger partial charge is 0.227 e. The van der Waals surface area contributed by atoms with Crippen LogP contribution in [-0.4, -0.2) is 11.9 Å². The lowest BCUT2D eigenvalue weighted by Crippen LogP contribution is -2.37. The lowest BCUT2D eigenvalue weighted by atomic mass is 9.90. The van der Waals surface area contributed by atoms with Gasteiger partial charge in [0.2, 0.25) is 5.91 Å². The maximum absolute atomic E-state index is 12.7. The van der Waals surface area contributed by atoms with Gasteiger partial charge in [0.1, 0.15) is 0 Å². The molecule has 2 saturated carbocycles. The van der Waals surface area contributed by atoms with Gasteiger partial charge >= 0.3 is 0 Å². The molecule has 1 atom stereocenters. The summed E-state index contributed by atoms with van der Waals surface area (Å²) in [6, 6.07) is 8.57. The molecule has 3 rings (SSSR count). The molecule has 3 nitrogen and oxygen atoms in total. The van der Waals surface area contributed by atoms with Gasteiger partial charge in [-0.1, -0.05) is 49.9 Å². The number of carbonyl (C=O) groups excluding carboxylic acids is 1. The Balaban J connectivity index is 1.70. The number of nitrogens with two attached hydrogens (primary N) is 1. The lowest BCUT2D eigenvalue weighted by molar-refractivity contribution is -0.123. The van der Waals surface area contributed by atoms with Crippen LogP contribution in [0.4, 0.5) is 0 Å². The Hall–Kier alpha value is -1.35. The third-order valence-corrected chi connectivity index (χ3v) is 5.35. The molecule has 1 unspecified atom stereocenters. The SMILES string of the molecule is CC(C(=O)NC1CCCCCC1)c1ccccc1C1(N)CC1. The van der Waals surface area contributed by atoms with Crippen molar-refractivity contribution in [3.05, 3.63) is 35.4 Å². The molecule has 22 heavy (non-hydrogen) atoms. The van der Waals surface area contributed by atoms with E-state index in [4.69, 9.17) is 5.73 Å². The number of amides is 1. The summed E-state index contributed by atoms with van der Waals surface area (Å²) >= 11 is 0. The zero-order chi connectivity index (χ0) is 15.6. The molecular formula is C19H28N2O. The molecule has 0 aliphatic heterocycles. The van der Waals surface area contributed by atoms with Crippen LogP contribution < -0.4 is 11.1 Å². The van der Waals surface area contributed by atoms with Gasteiger partial charge in [-0.3, -0.25) is 4.79 Å². The number of carbonyl (C=O) groups is 1. The first kappa shape index (κ1) is 15.5. The van der Waals surface area contributed by atoms with Gasteiger partial charge in [0.05, 0.1) is 5.92 Å². The number of hydrogen-bond donors (Lipinski definition) is 2. The first-order valence-electron chi connectivity index (χ1n) is 8.79. The second kappa shape index (κ2) is 6.41. The van der Waals surface area contributed by atoms with E-state index in [1.54, 1.807) is 0 Å². The molecule has 1 aromatic rings. The molecule has 0 saturated heterocycles. The average molecular weight is 300 g/mol. The summed E-state index contributed by atoms with van der Waals surface area (Å²) in [5.74, 6) is 0.0316. The van der Waals surface area contributed by atoms with Crippen LogP contribution in [0.25, 0.3) is 0 Å². The predicted octanol–water partition coefficient (Wildman–Crippen LogP) is 3.58. The fraction of sp³-hybridized carbons (Fsp3) is 0.632. The quantitative estimate of drug-likeness (QED) is 0.835. The highest BCUT2D eigenvalue weighted by molar-refractivity contribution is 5.84. The van der Waals surface area contributed by atoms with E-state index in [1.807, 2.05) is 19.1 Å². The molecular weight excluding hydrogens is 272 g/mol. The number of hydrogen-bond acceptors (Lipinski definition) is 2. The largest absolute Gasteiger partial charge is 0.353 e. The van der Waals surface area contributed by atoms with Crippen LogP contribution in [0.1, 0.15) is 75.3 Å². The minimum Gasteiger partial charge on any atom is -0.353 e. The van der Waals surface area contributed by atoms with E-state index in [0.717, 1.165) is 31.2 Å². The summed E-state index contributed by atoms with van der Waals surface area (Å²) in [6.45, 7) is 2.01. The van der Waals surface area contributed by atoms with Crippen molar-refractivity contribution in [2.45, 2.75) is 75.8 Å². The van der Waals surface area contributed by atoms with E-state index in [9.17, 15) is 4.79 Å². The third kappa shape index (κ3) is 3.35. The monoisotopic (exact) mass is 300 g/mol. The van der Waals surface area contributed by atoms with E-state index in [-0.39, 0.29) is 17.4 Å². The van der Waals surface area contributed by atoms with Crippen molar-refractivity contribution in [2.75, 3.05) is 0 Å². The molecule has 0 bridgehead atoms. The van der Waals surface area contributed by atoms with Crippen molar-refractivity contribution < 1.29 is 4.79 Å². The first-order chi connectivity index (χ1) is 10.6. The highest BCUT2D eigenvalue weighted by Crippen LogP contribution is 2.45. The summed E-state index contributed by atoms with van der Waals surface area (Å²) in [7, 11) is 0. The molecule has 1 aromatic carbocycles. The van der Waals surface area contributed by atoms with Crippen molar-refractivity contribution in [1.29, 1.82) is 0 Å². The standard InChI is InChI=1S/C19H28N2O/c1-14(18(22)21-15-8-4-2-3-5-9-15)16-10-6-7-11-17(16)19(20)12-13-19/h6-7,10-11,14-15H,2-5,8-9,12-13,20H2,1H3,(H,21,22). The second-order valence-electron chi connectivity index (χ2n) is 7.16. The topological polar surface area (TPSA) is 55.1 Å². The highest BCUT2D eigenvalue weighted by Gasteiger charge is 2.42. The van der Waals surface area contributed by atoms with Crippen LogP contribution in [0, 0.1) is 0 Å². The second-order valence-corrected chi connectivity index (χ2v) is 7.16. The summed E-state index contributed by atoms with van der Waals surface area (Å²) in [5, 5.41) is 3.28. The zero-order valence-electron chi connectivity index (χ0n) is 13.6. The van der Waals surface area contributed by atoms with Gasteiger partial charge in [0.15, 0.2) is 0 Å². The minimum absolute atomic E-state index is 0.125. The maximum Gasteiger partial charge on any atom is 0.227 e. The van der Waals surface area contributed by atoms with E-state index in [2.05, 4.69) is 17.4 Å². The molecule has 2 aliphatic carbocycles. The molecule has 0 aromatic heterocycles. The molecule has 0 spiro atoms. The van der Waals surface area contributed by atoms with E-state index >= 15 is 0 Å². The Bertz CT molecular complexity index is 528. The van der Waals surface area contributed by atoms with Crippen LogP contribution in [0.3, 0.4) is 0 Å². The van der Waals surface area contributed by atoms with Gasteiger partial charge in [-0.2, -0.15) is 0 Å². The molecule has 120 valence electrons. The molecule has 2 fully saturated rings. The van der Waals surface area contributed by atoms with Gasteiger partial charge in [-0.15, -0.1) is 0 Å². The van der Waals surface area contributed by atoms with Crippen LogP contribution in [0.2, 0.25) is 0 Å². The van der Waals surface area contributed by atoms with Crippen molar-refractivity contribution >= 4 is 5.91 Å². The Morgan fingerprint density at radius 3 is 2.45 bits per heavy atom. The van der Waals surface area contributed by atoms with Gasteiger partial charge in [0.25, 0.3) is 0 Å². The third-order valence-electron chi connectivity index (χ3n) is 5.35. The van der Waals surface area contributed by atoms with Crippen LogP contribution in [0.15, 0.2) is 24.3 Å². The number of rotatable bonds is 4. The maximum atomic E-state index is 12.7. The van der Waals surface area contributed by atoms with Gasteiger partial charge < -0.3 is 11.1 Å². The molecule has 2 aliphatic rings. The van der Waals surface area contributed by atoms with Crippen molar-refractivity contribution in [3.63, 3.8) is 0 Å². The molecule has 0 radical (unpaired) electrons. The fourth-order valence-corrected chi connectivity index (χ4v) is 3.62. The minimum atomic E-state index is -0.187. The lowest BCUT2D eigenvalue weighted by Gasteiger charge is -2.23. The summed E-state index contributed by atoms with van der Waals surface area (Å²) in [5.41, 5.74) is 8.46. The van der Waals surface area contributed by atoms with Crippen LogP contribution in [0.5, 0.6) is 0 Å². The Morgan fingerprint density at radius 1 is 1.18 bits per heavy atom. The van der Waals surface area contributed by atoms with Crippen molar-refractivity contribution in [1.82, 2.24) is 5.32 Å². The fourth-order valence-electron chi connectivity index (χ4n) is 3.62.